The predicted octanol–water partition coefficient (Wildman–Crippen LogP) is 4.82. The molecule has 1 aromatic heterocycles. The van der Waals surface area contributed by atoms with Crippen molar-refractivity contribution in [1.82, 2.24) is 4.98 Å². The number of hydrogen-bond donors (Lipinski definition) is 0. The van der Waals surface area contributed by atoms with Crippen LogP contribution in [0.2, 0.25) is 0 Å². The lowest BCUT2D eigenvalue weighted by Gasteiger charge is -2.32. The van der Waals surface area contributed by atoms with Crippen molar-refractivity contribution in [1.29, 1.82) is 0 Å². The summed E-state index contributed by atoms with van der Waals surface area (Å²) in [7, 11) is 0. The molecule has 0 fully saturated rings. The maximum absolute atomic E-state index is 4.18. The van der Waals surface area contributed by atoms with Crippen molar-refractivity contribution in [2.45, 2.75) is 60.3 Å². The second-order valence-electron chi connectivity index (χ2n) is 5.86. The van der Waals surface area contributed by atoms with Crippen LogP contribution in [0.25, 0.3) is 0 Å². The second-order valence-corrected chi connectivity index (χ2v) is 5.86. The van der Waals surface area contributed by atoms with Gasteiger partial charge in [0.25, 0.3) is 0 Å². The number of nitrogens with zero attached hydrogens (tertiary/aromatic N) is 1. The quantitative estimate of drug-likeness (QED) is 0.697. The average molecular weight is 221 g/mol. The van der Waals surface area contributed by atoms with E-state index in [0.717, 1.165) is 0 Å². The topological polar surface area (TPSA) is 12.9 Å². The van der Waals surface area contributed by atoms with Gasteiger partial charge in [-0.15, -0.1) is 0 Å². The summed E-state index contributed by atoms with van der Waals surface area (Å²) in [6.45, 7) is 15.4. The van der Waals surface area contributed by atoms with Crippen LogP contribution in [0.3, 0.4) is 0 Å². The third kappa shape index (κ3) is 5.29. The van der Waals surface area contributed by atoms with Crippen LogP contribution in [0.4, 0.5) is 0 Å². The van der Waals surface area contributed by atoms with Crippen molar-refractivity contribution in [3.05, 3.63) is 30.1 Å². The Morgan fingerprint density at radius 1 is 1.06 bits per heavy atom. The molecule has 0 spiro atoms. The molecule has 0 saturated heterocycles. The number of rotatable bonds is 2. The molecule has 0 N–H and O–H groups in total. The molecule has 0 amide bonds. The Balaban J connectivity index is 0.00000106. The standard InChI is InChI=1S/C13H21N.C2H6/c1-12(2,3)10-13(4,5)11-7-6-8-14-9-11;1-2/h6-9H,10H2,1-5H3;1-2H3. The Bertz CT molecular complexity index is 280. The zero-order valence-corrected chi connectivity index (χ0v) is 12.0. The van der Waals surface area contributed by atoms with Crippen LogP contribution in [-0.2, 0) is 5.41 Å². The maximum atomic E-state index is 4.18. The van der Waals surface area contributed by atoms with Gasteiger partial charge in [0.05, 0.1) is 0 Å². The van der Waals surface area contributed by atoms with E-state index in [4.69, 9.17) is 0 Å². The van der Waals surface area contributed by atoms with E-state index in [1.54, 1.807) is 0 Å². The summed E-state index contributed by atoms with van der Waals surface area (Å²) in [4.78, 5) is 4.18. The molecule has 0 aliphatic rings. The maximum Gasteiger partial charge on any atom is 0.0305 e. The van der Waals surface area contributed by atoms with E-state index in [0.29, 0.717) is 5.41 Å². The molecular formula is C15H27N. The molecule has 1 heterocycles. The Kier molecular flexibility index (Phi) is 5.71. The van der Waals surface area contributed by atoms with E-state index >= 15 is 0 Å². The smallest absolute Gasteiger partial charge is 0.0305 e. The molecule has 0 aromatic carbocycles. The first-order valence-corrected chi connectivity index (χ1v) is 6.22. The molecule has 0 bridgehead atoms. The van der Waals surface area contributed by atoms with E-state index in [2.05, 4.69) is 45.7 Å². The first-order valence-electron chi connectivity index (χ1n) is 6.22. The number of pyridine rings is 1. The van der Waals surface area contributed by atoms with Crippen molar-refractivity contribution < 1.29 is 0 Å². The van der Waals surface area contributed by atoms with E-state index in [9.17, 15) is 0 Å². The molecule has 16 heavy (non-hydrogen) atoms. The molecule has 0 aliphatic heterocycles. The van der Waals surface area contributed by atoms with Crippen LogP contribution in [0, 0.1) is 5.41 Å². The van der Waals surface area contributed by atoms with Gasteiger partial charge in [-0.05, 0) is 28.9 Å². The van der Waals surface area contributed by atoms with Crippen LogP contribution in [0.1, 0.15) is 60.5 Å². The molecule has 0 unspecified atom stereocenters. The van der Waals surface area contributed by atoms with Crippen molar-refractivity contribution in [3.63, 3.8) is 0 Å². The number of aromatic nitrogens is 1. The van der Waals surface area contributed by atoms with Crippen LogP contribution in [0.15, 0.2) is 24.5 Å². The summed E-state index contributed by atoms with van der Waals surface area (Å²) in [6.07, 6.45) is 4.98. The fourth-order valence-corrected chi connectivity index (χ4v) is 2.19. The summed E-state index contributed by atoms with van der Waals surface area (Å²) in [5.74, 6) is 0. The van der Waals surface area contributed by atoms with Crippen molar-refractivity contribution in [2.75, 3.05) is 0 Å². The minimum absolute atomic E-state index is 0.215. The third-order valence-corrected chi connectivity index (χ3v) is 2.42. The minimum atomic E-state index is 0.215. The fourth-order valence-electron chi connectivity index (χ4n) is 2.19. The summed E-state index contributed by atoms with van der Waals surface area (Å²) in [5, 5.41) is 0. The van der Waals surface area contributed by atoms with Crippen molar-refractivity contribution in [2.24, 2.45) is 5.41 Å². The average Bonchev–Trinajstić information content (AvgIpc) is 2.19. The highest BCUT2D eigenvalue weighted by atomic mass is 14.6. The van der Waals surface area contributed by atoms with Crippen LogP contribution >= 0.6 is 0 Å². The van der Waals surface area contributed by atoms with E-state index in [-0.39, 0.29) is 5.41 Å². The number of hydrogen-bond acceptors (Lipinski definition) is 1. The van der Waals surface area contributed by atoms with Gasteiger partial charge in [0.15, 0.2) is 0 Å². The fraction of sp³-hybridized carbons (Fsp3) is 0.667. The molecule has 1 aromatic rings. The van der Waals surface area contributed by atoms with Gasteiger partial charge in [-0.25, -0.2) is 0 Å². The zero-order valence-electron chi connectivity index (χ0n) is 12.0. The summed E-state index contributed by atoms with van der Waals surface area (Å²) >= 11 is 0. The molecule has 0 radical (unpaired) electrons. The monoisotopic (exact) mass is 221 g/mol. The van der Waals surface area contributed by atoms with E-state index in [1.807, 2.05) is 32.3 Å². The Morgan fingerprint density at radius 3 is 2.00 bits per heavy atom. The molecule has 1 rings (SSSR count). The largest absolute Gasteiger partial charge is 0.264 e. The first-order chi connectivity index (χ1) is 7.31. The molecule has 1 heteroatoms. The minimum Gasteiger partial charge on any atom is -0.264 e. The van der Waals surface area contributed by atoms with Gasteiger partial charge in [-0.3, -0.25) is 4.98 Å². The second kappa shape index (κ2) is 6.03. The summed E-state index contributed by atoms with van der Waals surface area (Å²) in [5.41, 5.74) is 1.90. The summed E-state index contributed by atoms with van der Waals surface area (Å²) in [6, 6.07) is 4.18. The van der Waals surface area contributed by atoms with Crippen LogP contribution < -0.4 is 0 Å². The molecule has 1 nitrogen and oxygen atoms in total. The SMILES string of the molecule is CC.CC(C)(C)CC(C)(C)c1cccnc1. The zero-order chi connectivity index (χ0) is 12.8. The van der Waals surface area contributed by atoms with Crippen molar-refractivity contribution in [3.8, 4) is 0 Å². The van der Waals surface area contributed by atoms with Gasteiger partial charge in [-0.1, -0.05) is 54.5 Å². The highest BCUT2D eigenvalue weighted by Gasteiger charge is 2.27. The van der Waals surface area contributed by atoms with E-state index in [1.165, 1.54) is 12.0 Å². The van der Waals surface area contributed by atoms with Gasteiger partial charge in [0.1, 0.15) is 0 Å². The lowest BCUT2D eigenvalue weighted by Crippen LogP contribution is -2.24. The van der Waals surface area contributed by atoms with Gasteiger partial charge in [0.2, 0.25) is 0 Å². The molecule has 0 saturated carbocycles. The Hall–Kier alpha value is -0.850. The normalized spacial score (nSPS) is 11.7. The van der Waals surface area contributed by atoms with E-state index < -0.39 is 0 Å². The van der Waals surface area contributed by atoms with Gasteiger partial charge >= 0.3 is 0 Å². The lowest BCUT2D eigenvalue weighted by atomic mass is 9.73. The molecule has 0 atom stereocenters. The molecular weight excluding hydrogens is 194 g/mol. The highest BCUT2D eigenvalue weighted by Crippen LogP contribution is 2.35. The predicted molar refractivity (Wildman–Crippen MR) is 72.7 cm³/mol. The van der Waals surface area contributed by atoms with Gasteiger partial charge in [-0.2, -0.15) is 0 Å². The van der Waals surface area contributed by atoms with Crippen LogP contribution in [0.5, 0.6) is 0 Å². The highest BCUT2D eigenvalue weighted by molar-refractivity contribution is 5.19. The molecule has 0 aliphatic carbocycles. The van der Waals surface area contributed by atoms with Crippen molar-refractivity contribution >= 4 is 0 Å². The Morgan fingerprint density at radius 2 is 1.62 bits per heavy atom. The third-order valence-electron chi connectivity index (χ3n) is 2.42. The van der Waals surface area contributed by atoms with Gasteiger partial charge in [0, 0.05) is 12.4 Å². The lowest BCUT2D eigenvalue weighted by molar-refractivity contribution is 0.283. The Labute approximate surface area is 101 Å². The van der Waals surface area contributed by atoms with Gasteiger partial charge < -0.3 is 0 Å². The first kappa shape index (κ1) is 15.2. The molecule has 92 valence electrons. The summed E-state index contributed by atoms with van der Waals surface area (Å²) < 4.78 is 0. The van der Waals surface area contributed by atoms with Crippen LogP contribution in [-0.4, -0.2) is 4.98 Å².